The summed E-state index contributed by atoms with van der Waals surface area (Å²) in [5, 5.41) is 2.84. The number of anilines is 1. The fourth-order valence-electron chi connectivity index (χ4n) is 3.71. The summed E-state index contributed by atoms with van der Waals surface area (Å²) in [4.78, 5) is 30.7. The van der Waals surface area contributed by atoms with Crippen LogP contribution in [0.2, 0.25) is 0 Å². The summed E-state index contributed by atoms with van der Waals surface area (Å²) in [5.74, 6) is -0.562. The number of nitrogens with one attached hydrogen (secondary N) is 1. The molecular weight excluding hydrogens is 404 g/mol. The Kier molecular flexibility index (Phi) is 6.52. The number of rotatable bonds is 7. The van der Waals surface area contributed by atoms with E-state index in [1.807, 2.05) is 6.07 Å². The van der Waals surface area contributed by atoms with E-state index in [9.17, 15) is 18.0 Å². The van der Waals surface area contributed by atoms with Gasteiger partial charge in [-0.15, -0.1) is 0 Å². The Morgan fingerprint density at radius 2 is 1.97 bits per heavy atom. The summed E-state index contributed by atoms with van der Waals surface area (Å²) in [5.41, 5.74) is 2.09. The van der Waals surface area contributed by atoms with Crippen molar-refractivity contribution in [2.75, 3.05) is 18.0 Å². The van der Waals surface area contributed by atoms with Gasteiger partial charge >= 0.3 is 0 Å². The molecule has 2 aromatic rings. The molecule has 8 nitrogen and oxygen atoms in total. The Bertz CT molecular complexity index is 1040. The van der Waals surface area contributed by atoms with E-state index in [0.717, 1.165) is 5.56 Å². The molecule has 1 atom stereocenters. The minimum absolute atomic E-state index is 0.171. The van der Waals surface area contributed by atoms with Gasteiger partial charge < -0.3 is 5.32 Å². The summed E-state index contributed by atoms with van der Waals surface area (Å²) in [6, 6.07) is 7.60. The molecule has 0 unspecified atom stereocenters. The molecule has 2 amide bonds. The average Bonchev–Trinajstić information content (AvgIpc) is 3.12. The SMILES string of the molecule is CCN(CC)S(=O)(=O)c1ccc2c(c1)C[C@H](C(=O)NCc1cccnc1)N2C(C)=O. The van der Waals surface area contributed by atoms with Crippen LogP contribution in [0.4, 0.5) is 5.69 Å². The standard InChI is InChI=1S/C21H26N4O4S/c1-4-24(5-2)30(28,29)18-8-9-19-17(11-18)12-20(25(19)15(3)26)21(27)23-14-16-7-6-10-22-13-16/h6-11,13,20H,4-5,12,14H2,1-3H3,(H,23,27)/t20-/m1/s1. The van der Waals surface area contributed by atoms with Crippen molar-refractivity contribution in [3.8, 4) is 0 Å². The predicted molar refractivity (Wildman–Crippen MR) is 113 cm³/mol. The Balaban J connectivity index is 1.85. The van der Waals surface area contributed by atoms with Crippen LogP contribution in [0.3, 0.4) is 0 Å². The van der Waals surface area contributed by atoms with Gasteiger partial charge in [-0.3, -0.25) is 19.5 Å². The van der Waals surface area contributed by atoms with Crippen LogP contribution >= 0.6 is 0 Å². The van der Waals surface area contributed by atoms with Crippen LogP contribution < -0.4 is 10.2 Å². The van der Waals surface area contributed by atoms with Gasteiger partial charge in [-0.2, -0.15) is 4.31 Å². The monoisotopic (exact) mass is 430 g/mol. The Hall–Kier alpha value is -2.78. The lowest BCUT2D eigenvalue weighted by atomic mass is 10.1. The zero-order chi connectivity index (χ0) is 21.9. The number of carbonyl (C=O) groups excluding carboxylic acids is 2. The van der Waals surface area contributed by atoms with Crippen molar-refractivity contribution < 1.29 is 18.0 Å². The lowest BCUT2D eigenvalue weighted by Crippen LogP contribution is -2.47. The Morgan fingerprint density at radius 1 is 1.23 bits per heavy atom. The third-order valence-electron chi connectivity index (χ3n) is 5.21. The number of pyridine rings is 1. The highest BCUT2D eigenvalue weighted by Crippen LogP contribution is 2.35. The zero-order valence-electron chi connectivity index (χ0n) is 17.3. The van der Waals surface area contributed by atoms with Gasteiger partial charge in [0, 0.05) is 51.1 Å². The molecule has 0 spiro atoms. The van der Waals surface area contributed by atoms with E-state index in [1.54, 1.807) is 44.4 Å². The normalized spacial score (nSPS) is 15.9. The number of carbonyl (C=O) groups is 2. The predicted octanol–water partition coefficient (Wildman–Crippen LogP) is 1.71. The number of fused-ring (bicyclic) bond motifs is 1. The summed E-state index contributed by atoms with van der Waals surface area (Å²) in [6.07, 6.45) is 3.58. The maximum absolute atomic E-state index is 12.8. The first-order chi connectivity index (χ1) is 14.3. The molecule has 2 heterocycles. The third kappa shape index (κ3) is 4.22. The van der Waals surface area contributed by atoms with Gasteiger partial charge in [-0.05, 0) is 35.4 Å². The third-order valence-corrected chi connectivity index (χ3v) is 7.26. The van der Waals surface area contributed by atoms with Gasteiger partial charge in [-0.1, -0.05) is 19.9 Å². The van der Waals surface area contributed by atoms with E-state index in [1.165, 1.54) is 22.2 Å². The Labute approximate surface area is 177 Å². The summed E-state index contributed by atoms with van der Waals surface area (Å²) in [7, 11) is -3.62. The van der Waals surface area contributed by atoms with Crippen LogP contribution in [-0.2, 0) is 32.6 Å². The first kappa shape index (κ1) is 21.9. The minimum atomic E-state index is -3.62. The number of hydrogen-bond acceptors (Lipinski definition) is 5. The quantitative estimate of drug-likeness (QED) is 0.721. The van der Waals surface area contributed by atoms with Crippen molar-refractivity contribution in [3.63, 3.8) is 0 Å². The highest BCUT2D eigenvalue weighted by atomic mass is 32.2. The molecule has 0 saturated carbocycles. The van der Waals surface area contributed by atoms with E-state index in [4.69, 9.17) is 0 Å². The fraction of sp³-hybridized carbons (Fsp3) is 0.381. The van der Waals surface area contributed by atoms with Crippen molar-refractivity contribution in [3.05, 3.63) is 53.9 Å². The molecule has 1 aromatic heterocycles. The number of hydrogen-bond donors (Lipinski definition) is 1. The van der Waals surface area contributed by atoms with E-state index in [-0.39, 0.29) is 23.1 Å². The van der Waals surface area contributed by atoms with Crippen molar-refractivity contribution in [1.82, 2.24) is 14.6 Å². The van der Waals surface area contributed by atoms with E-state index in [2.05, 4.69) is 10.3 Å². The second-order valence-electron chi connectivity index (χ2n) is 7.07. The van der Waals surface area contributed by atoms with Gasteiger partial charge in [0.05, 0.1) is 4.90 Å². The van der Waals surface area contributed by atoms with Crippen LogP contribution in [0.5, 0.6) is 0 Å². The number of amides is 2. The second-order valence-corrected chi connectivity index (χ2v) is 9.01. The molecule has 0 aliphatic carbocycles. The van der Waals surface area contributed by atoms with Crippen LogP contribution in [0.15, 0.2) is 47.6 Å². The molecule has 30 heavy (non-hydrogen) atoms. The fourth-order valence-corrected chi connectivity index (χ4v) is 5.22. The molecule has 1 aliphatic heterocycles. The number of sulfonamides is 1. The summed E-state index contributed by atoms with van der Waals surface area (Å²) in [6.45, 7) is 6.01. The van der Waals surface area contributed by atoms with Gasteiger partial charge in [0.15, 0.2) is 0 Å². The molecule has 160 valence electrons. The van der Waals surface area contributed by atoms with E-state index in [0.29, 0.717) is 30.9 Å². The van der Waals surface area contributed by atoms with Crippen LogP contribution in [0, 0.1) is 0 Å². The smallest absolute Gasteiger partial charge is 0.243 e. The number of benzene rings is 1. The van der Waals surface area contributed by atoms with Gasteiger partial charge in [-0.25, -0.2) is 8.42 Å². The largest absolute Gasteiger partial charge is 0.350 e. The van der Waals surface area contributed by atoms with Crippen LogP contribution in [0.1, 0.15) is 31.9 Å². The molecule has 0 bridgehead atoms. The molecule has 1 N–H and O–H groups in total. The number of nitrogens with zero attached hydrogens (tertiary/aromatic N) is 3. The highest BCUT2D eigenvalue weighted by molar-refractivity contribution is 7.89. The molecule has 1 aliphatic rings. The molecule has 0 radical (unpaired) electrons. The van der Waals surface area contributed by atoms with Gasteiger partial charge in [0.25, 0.3) is 0 Å². The van der Waals surface area contributed by atoms with Crippen molar-refractivity contribution >= 4 is 27.5 Å². The molecule has 0 fully saturated rings. The molecule has 9 heteroatoms. The summed E-state index contributed by atoms with van der Waals surface area (Å²) >= 11 is 0. The number of aromatic nitrogens is 1. The molecule has 1 aromatic carbocycles. The molecule has 3 rings (SSSR count). The topological polar surface area (TPSA) is 99.7 Å². The second kappa shape index (κ2) is 8.93. The van der Waals surface area contributed by atoms with Crippen LogP contribution in [0.25, 0.3) is 0 Å². The average molecular weight is 431 g/mol. The Morgan fingerprint density at radius 3 is 2.57 bits per heavy atom. The minimum Gasteiger partial charge on any atom is -0.350 e. The maximum atomic E-state index is 12.8. The van der Waals surface area contributed by atoms with Crippen molar-refractivity contribution in [2.45, 2.75) is 44.7 Å². The maximum Gasteiger partial charge on any atom is 0.243 e. The first-order valence-electron chi connectivity index (χ1n) is 9.89. The van der Waals surface area contributed by atoms with Crippen LogP contribution in [-0.4, -0.2) is 48.7 Å². The highest BCUT2D eigenvalue weighted by Gasteiger charge is 2.37. The summed E-state index contributed by atoms with van der Waals surface area (Å²) < 4.78 is 27.1. The first-order valence-corrected chi connectivity index (χ1v) is 11.3. The molecule has 0 saturated heterocycles. The van der Waals surface area contributed by atoms with Gasteiger partial charge in [0.2, 0.25) is 21.8 Å². The molecular formula is C21H26N4O4S. The zero-order valence-corrected chi connectivity index (χ0v) is 18.1. The van der Waals surface area contributed by atoms with Crippen molar-refractivity contribution in [1.29, 1.82) is 0 Å². The lowest BCUT2D eigenvalue weighted by Gasteiger charge is -2.23. The lowest BCUT2D eigenvalue weighted by molar-refractivity contribution is -0.125. The van der Waals surface area contributed by atoms with Crippen molar-refractivity contribution in [2.24, 2.45) is 0 Å². The van der Waals surface area contributed by atoms with Gasteiger partial charge in [0.1, 0.15) is 6.04 Å². The van der Waals surface area contributed by atoms with E-state index < -0.39 is 16.1 Å². The van der Waals surface area contributed by atoms with E-state index >= 15 is 0 Å².